The molecule has 0 aliphatic carbocycles. The molecule has 1 N–H and O–H groups in total. The van der Waals surface area contributed by atoms with Crippen molar-refractivity contribution >= 4 is 11.7 Å². The molecule has 0 aromatic carbocycles. The number of carboxylic acids is 1. The summed E-state index contributed by atoms with van der Waals surface area (Å²) in [4.78, 5) is 20.9. The monoisotopic (exact) mass is 279 g/mol. The van der Waals surface area contributed by atoms with Gasteiger partial charge in [0.05, 0.1) is 17.2 Å². The van der Waals surface area contributed by atoms with Crippen molar-refractivity contribution in [3.05, 3.63) is 40.0 Å². The maximum Gasteiger partial charge on any atom is 0.363 e. The first-order valence-electron chi connectivity index (χ1n) is 5.87. The first-order chi connectivity index (χ1) is 9.38. The third kappa shape index (κ3) is 2.66. The van der Waals surface area contributed by atoms with Gasteiger partial charge in [0.1, 0.15) is 6.20 Å². The minimum Gasteiger partial charge on any atom is -0.476 e. The third-order valence-corrected chi connectivity index (χ3v) is 2.66. The normalized spacial score (nSPS) is 10.9. The number of nitrogens with zero attached hydrogens (tertiary/aromatic N) is 5. The predicted molar refractivity (Wildman–Crippen MR) is 67.6 cm³/mol. The molecular formula is C11H13N5O4. The van der Waals surface area contributed by atoms with Crippen LogP contribution in [0.25, 0.3) is 0 Å². The molecule has 0 fully saturated rings. The second-order valence-electron chi connectivity index (χ2n) is 4.50. The Bertz CT molecular complexity index is 626. The van der Waals surface area contributed by atoms with Gasteiger partial charge in [0, 0.05) is 12.2 Å². The fourth-order valence-electron chi connectivity index (χ4n) is 1.69. The lowest BCUT2D eigenvalue weighted by Gasteiger charge is -2.03. The van der Waals surface area contributed by atoms with Crippen molar-refractivity contribution in [2.24, 2.45) is 0 Å². The van der Waals surface area contributed by atoms with E-state index < -0.39 is 22.3 Å². The summed E-state index contributed by atoms with van der Waals surface area (Å²) in [7, 11) is 0. The van der Waals surface area contributed by atoms with Crippen LogP contribution in [0.1, 0.15) is 36.1 Å². The zero-order chi connectivity index (χ0) is 14.9. The van der Waals surface area contributed by atoms with Crippen LogP contribution in [0, 0.1) is 10.1 Å². The average molecular weight is 279 g/mol. The summed E-state index contributed by atoms with van der Waals surface area (Å²) in [6.07, 6.45) is 2.88. The Kier molecular flexibility index (Phi) is 3.51. The van der Waals surface area contributed by atoms with Crippen molar-refractivity contribution in [3.8, 4) is 0 Å². The highest BCUT2D eigenvalue weighted by Gasteiger charge is 2.25. The zero-order valence-corrected chi connectivity index (χ0v) is 10.9. The SMILES string of the molecule is CC(C)n1ccc(Cn2cc([N+](=O)[O-])c(C(=O)O)n2)n1. The molecule has 2 rings (SSSR count). The Balaban J connectivity index is 2.27. The van der Waals surface area contributed by atoms with E-state index in [4.69, 9.17) is 5.11 Å². The van der Waals surface area contributed by atoms with Gasteiger partial charge in [0.15, 0.2) is 0 Å². The van der Waals surface area contributed by atoms with Crippen LogP contribution in [0.2, 0.25) is 0 Å². The summed E-state index contributed by atoms with van der Waals surface area (Å²) in [5, 5.41) is 27.6. The van der Waals surface area contributed by atoms with E-state index in [-0.39, 0.29) is 12.6 Å². The summed E-state index contributed by atoms with van der Waals surface area (Å²) in [6, 6.07) is 1.96. The highest BCUT2D eigenvalue weighted by molar-refractivity contribution is 5.89. The maximum absolute atomic E-state index is 10.9. The van der Waals surface area contributed by atoms with Gasteiger partial charge in [0.2, 0.25) is 5.69 Å². The van der Waals surface area contributed by atoms with Crippen LogP contribution < -0.4 is 0 Å². The molecule has 0 aliphatic heterocycles. The standard InChI is InChI=1S/C11H13N5O4/c1-7(2)15-4-3-8(12-15)5-14-6-9(16(19)20)10(13-14)11(17)18/h3-4,6-7H,5H2,1-2H3,(H,17,18). The second kappa shape index (κ2) is 5.11. The van der Waals surface area contributed by atoms with Crippen molar-refractivity contribution in [1.82, 2.24) is 19.6 Å². The Morgan fingerprint density at radius 2 is 2.20 bits per heavy atom. The van der Waals surface area contributed by atoms with Gasteiger partial charge in [-0.05, 0) is 19.9 Å². The Labute approximate surface area is 113 Å². The molecule has 0 saturated heterocycles. The lowest BCUT2D eigenvalue weighted by molar-refractivity contribution is -0.385. The fourth-order valence-corrected chi connectivity index (χ4v) is 1.69. The minimum atomic E-state index is -1.43. The van der Waals surface area contributed by atoms with Gasteiger partial charge in [-0.2, -0.15) is 10.2 Å². The number of nitro groups is 1. The smallest absolute Gasteiger partial charge is 0.363 e. The van der Waals surface area contributed by atoms with Gasteiger partial charge >= 0.3 is 11.7 Å². The summed E-state index contributed by atoms with van der Waals surface area (Å²) < 4.78 is 2.94. The van der Waals surface area contributed by atoms with E-state index in [2.05, 4.69) is 10.2 Å². The van der Waals surface area contributed by atoms with Crippen molar-refractivity contribution in [1.29, 1.82) is 0 Å². The van der Waals surface area contributed by atoms with E-state index in [0.717, 1.165) is 6.20 Å². The molecule has 9 nitrogen and oxygen atoms in total. The molecule has 2 aromatic rings. The Morgan fingerprint density at radius 1 is 1.50 bits per heavy atom. The summed E-state index contributed by atoms with van der Waals surface area (Å²) in [5.41, 5.74) is -0.452. The highest BCUT2D eigenvalue weighted by Crippen LogP contribution is 2.17. The van der Waals surface area contributed by atoms with Crippen LogP contribution in [0.15, 0.2) is 18.5 Å². The zero-order valence-electron chi connectivity index (χ0n) is 10.9. The van der Waals surface area contributed by atoms with Crippen molar-refractivity contribution in [2.45, 2.75) is 26.4 Å². The summed E-state index contributed by atoms with van der Waals surface area (Å²) >= 11 is 0. The van der Waals surface area contributed by atoms with E-state index in [0.29, 0.717) is 5.69 Å². The molecule has 0 bridgehead atoms. The summed E-state index contributed by atoms with van der Waals surface area (Å²) in [6.45, 7) is 4.12. The van der Waals surface area contributed by atoms with E-state index in [9.17, 15) is 14.9 Å². The number of carbonyl (C=O) groups is 1. The van der Waals surface area contributed by atoms with Crippen LogP contribution in [-0.4, -0.2) is 35.6 Å². The number of aromatic carboxylic acids is 1. The van der Waals surface area contributed by atoms with Gasteiger partial charge in [-0.15, -0.1) is 0 Å². The molecule has 2 heterocycles. The molecule has 0 atom stereocenters. The predicted octanol–water partition coefficient (Wildman–Crippen LogP) is 1.32. The largest absolute Gasteiger partial charge is 0.476 e. The molecule has 106 valence electrons. The van der Waals surface area contributed by atoms with Gasteiger partial charge in [-0.25, -0.2) is 4.79 Å². The number of carboxylic acid groups (broad SMARTS) is 1. The quantitative estimate of drug-likeness (QED) is 0.651. The topological polar surface area (TPSA) is 116 Å². The van der Waals surface area contributed by atoms with Crippen LogP contribution >= 0.6 is 0 Å². The molecule has 0 spiro atoms. The molecule has 0 amide bonds. The average Bonchev–Trinajstić information content (AvgIpc) is 2.96. The molecule has 0 unspecified atom stereocenters. The lowest BCUT2D eigenvalue weighted by Crippen LogP contribution is -2.06. The van der Waals surface area contributed by atoms with Gasteiger partial charge in [-0.3, -0.25) is 19.5 Å². The molecule has 0 saturated carbocycles. The first kappa shape index (κ1) is 13.7. The molecule has 0 radical (unpaired) electrons. The summed E-state index contributed by atoms with van der Waals surface area (Å²) in [5.74, 6) is -1.43. The number of hydrogen-bond donors (Lipinski definition) is 1. The Morgan fingerprint density at radius 3 is 2.65 bits per heavy atom. The number of rotatable bonds is 5. The molecule has 20 heavy (non-hydrogen) atoms. The molecular weight excluding hydrogens is 266 g/mol. The first-order valence-corrected chi connectivity index (χ1v) is 5.87. The molecule has 9 heteroatoms. The van der Waals surface area contributed by atoms with Gasteiger partial charge < -0.3 is 5.11 Å². The van der Waals surface area contributed by atoms with E-state index in [1.165, 1.54) is 4.68 Å². The second-order valence-corrected chi connectivity index (χ2v) is 4.50. The van der Waals surface area contributed by atoms with Crippen molar-refractivity contribution < 1.29 is 14.8 Å². The number of aromatic nitrogens is 4. The van der Waals surface area contributed by atoms with Crippen molar-refractivity contribution in [3.63, 3.8) is 0 Å². The van der Waals surface area contributed by atoms with Crippen LogP contribution in [0.4, 0.5) is 5.69 Å². The third-order valence-electron chi connectivity index (χ3n) is 2.66. The minimum absolute atomic E-state index is 0.174. The molecule has 2 aromatic heterocycles. The van der Waals surface area contributed by atoms with Gasteiger partial charge in [-0.1, -0.05) is 0 Å². The van der Waals surface area contributed by atoms with Crippen molar-refractivity contribution in [2.75, 3.05) is 0 Å². The Hall–Kier alpha value is -2.71. The molecule has 0 aliphatic rings. The van der Waals surface area contributed by atoms with E-state index in [1.807, 2.05) is 13.8 Å². The fraction of sp³-hybridized carbons (Fsp3) is 0.364. The highest BCUT2D eigenvalue weighted by atomic mass is 16.6. The van der Waals surface area contributed by atoms with Crippen LogP contribution in [0.3, 0.4) is 0 Å². The number of hydrogen-bond acceptors (Lipinski definition) is 5. The lowest BCUT2D eigenvalue weighted by atomic mass is 10.4. The van der Waals surface area contributed by atoms with Gasteiger partial charge in [0.25, 0.3) is 0 Å². The maximum atomic E-state index is 10.9. The van der Waals surface area contributed by atoms with E-state index in [1.54, 1.807) is 16.9 Å². The van der Waals surface area contributed by atoms with Crippen LogP contribution in [0.5, 0.6) is 0 Å². The van der Waals surface area contributed by atoms with E-state index >= 15 is 0 Å². The van der Waals surface area contributed by atoms with Crippen LogP contribution in [-0.2, 0) is 6.54 Å².